The van der Waals surface area contributed by atoms with Crippen molar-refractivity contribution in [2.24, 2.45) is 0 Å². The zero-order chi connectivity index (χ0) is 15.8. The van der Waals surface area contributed by atoms with Crippen LogP contribution in [0.25, 0.3) is 0 Å². The summed E-state index contributed by atoms with van der Waals surface area (Å²) in [5, 5.41) is 9.59. The first kappa shape index (κ1) is 15.6. The van der Waals surface area contributed by atoms with Gasteiger partial charge in [0.25, 0.3) is 0 Å². The van der Waals surface area contributed by atoms with E-state index < -0.39 is 30.1 Å². The number of rotatable bonds is 4. The van der Waals surface area contributed by atoms with E-state index in [2.05, 4.69) is 0 Å². The number of carboxylic acid groups (broad SMARTS) is 1. The minimum absolute atomic E-state index is 0.0800. The molecular weight excluding hydrogens is 311 g/mol. The Bertz CT molecular complexity index is 555. The van der Waals surface area contributed by atoms with Gasteiger partial charge in [0, 0.05) is 11.1 Å². The van der Waals surface area contributed by atoms with E-state index in [1.54, 1.807) is 0 Å². The number of alkyl halides is 3. The molecule has 1 aromatic carbocycles. The van der Waals surface area contributed by atoms with Crippen molar-refractivity contribution in [1.29, 1.82) is 0 Å². The van der Waals surface area contributed by atoms with E-state index in [0.717, 1.165) is 0 Å². The van der Waals surface area contributed by atoms with Gasteiger partial charge in [0.2, 0.25) is 0 Å². The lowest BCUT2D eigenvalue weighted by Gasteiger charge is -2.30. The Morgan fingerprint density at radius 2 is 1.76 bits per heavy atom. The summed E-state index contributed by atoms with van der Waals surface area (Å²) in [5.41, 5.74) is 0.0800. The first-order chi connectivity index (χ1) is 9.71. The maximum absolute atomic E-state index is 12.7. The predicted molar refractivity (Wildman–Crippen MR) is 67.8 cm³/mol. The van der Waals surface area contributed by atoms with Gasteiger partial charge in [0.1, 0.15) is 0 Å². The number of amides is 1. The Labute approximate surface area is 123 Å². The van der Waals surface area contributed by atoms with Crippen molar-refractivity contribution in [3.63, 3.8) is 0 Å². The van der Waals surface area contributed by atoms with Crippen LogP contribution in [0, 0.1) is 0 Å². The normalized spacial score (nSPS) is 16.4. The van der Waals surface area contributed by atoms with Gasteiger partial charge in [-0.3, -0.25) is 4.79 Å². The molecule has 1 fully saturated rings. The van der Waals surface area contributed by atoms with Gasteiger partial charge in [-0.15, -0.1) is 0 Å². The van der Waals surface area contributed by atoms with E-state index in [9.17, 15) is 27.9 Å². The third kappa shape index (κ3) is 3.47. The molecular formula is C13H11ClF3NO3. The molecule has 2 rings (SSSR count). The molecule has 0 aliphatic heterocycles. The summed E-state index contributed by atoms with van der Waals surface area (Å²) in [7, 11) is 0. The minimum Gasteiger partial charge on any atom is -0.479 e. The average Bonchev–Trinajstić information content (AvgIpc) is 3.19. The van der Waals surface area contributed by atoms with Crippen LogP contribution >= 0.6 is 11.6 Å². The van der Waals surface area contributed by atoms with E-state index in [4.69, 9.17) is 11.6 Å². The molecule has 0 spiro atoms. The lowest BCUT2D eigenvalue weighted by atomic mass is 10.0. The topological polar surface area (TPSA) is 57.6 Å². The van der Waals surface area contributed by atoms with Crippen molar-refractivity contribution >= 4 is 23.5 Å². The highest BCUT2D eigenvalue weighted by atomic mass is 35.5. The molecule has 1 aromatic rings. The fourth-order valence-electron chi connectivity index (χ4n) is 2.06. The molecule has 1 aliphatic rings. The lowest BCUT2D eigenvalue weighted by molar-refractivity contribution is -0.190. The van der Waals surface area contributed by atoms with Crippen LogP contribution in [0.2, 0.25) is 5.02 Å². The molecule has 1 unspecified atom stereocenters. The second-order valence-electron chi connectivity index (χ2n) is 4.73. The fraction of sp³-hybridized carbons (Fsp3) is 0.385. The highest BCUT2D eigenvalue weighted by Gasteiger charge is 2.51. The largest absolute Gasteiger partial charge is 0.479 e. The Balaban J connectivity index is 2.40. The Hall–Kier alpha value is -1.76. The summed E-state index contributed by atoms with van der Waals surface area (Å²) < 4.78 is 38.1. The van der Waals surface area contributed by atoms with E-state index in [1.165, 1.54) is 24.3 Å². The first-order valence-electron chi connectivity index (χ1n) is 6.09. The van der Waals surface area contributed by atoms with Crippen LogP contribution in [0.4, 0.5) is 13.2 Å². The third-order valence-electron chi connectivity index (χ3n) is 3.12. The SMILES string of the molecule is O=C(O)C(c1ccc(Cl)cc1)N(C(=O)C(F)(F)F)C1CC1. The van der Waals surface area contributed by atoms with E-state index in [0.29, 0.717) is 22.8 Å². The molecule has 114 valence electrons. The molecule has 0 heterocycles. The Morgan fingerprint density at radius 1 is 1.24 bits per heavy atom. The summed E-state index contributed by atoms with van der Waals surface area (Å²) in [6.07, 6.45) is -4.39. The second kappa shape index (κ2) is 5.55. The maximum Gasteiger partial charge on any atom is 0.471 e. The van der Waals surface area contributed by atoms with Crippen LogP contribution in [0.15, 0.2) is 24.3 Å². The van der Waals surface area contributed by atoms with Crippen LogP contribution in [0.1, 0.15) is 24.4 Å². The van der Waals surface area contributed by atoms with Crippen molar-refractivity contribution in [2.75, 3.05) is 0 Å². The van der Waals surface area contributed by atoms with Crippen molar-refractivity contribution in [2.45, 2.75) is 31.1 Å². The molecule has 8 heteroatoms. The monoisotopic (exact) mass is 321 g/mol. The van der Waals surface area contributed by atoms with Crippen LogP contribution in [-0.2, 0) is 9.59 Å². The molecule has 1 N–H and O–H groups in total. The molecule has 1 saturated carbocycles. The molecule has 21 heavy (non-hydrogen) atoms. The van der Waals surface area contributed by atoms with Crippen molar-refractivity contribution < 1.29 is 27.9 Å². The zero-order valence-corrected chi connectivity index (χ0v) is 11.4. The molecule has 0 radical (unpaired) electrons. The van der Waals surface area contributed by atoms with Crippen molar-refractivity contribution in [3.8, 4) is 0 Å². The molecule has 1 aliphatic carbocycles. The first-order valence-corrected chi connectivity index (χ1v) is 6.47. The molecule has 0 bridgehead atoms. The fourth-order valence-corrected chi connectivity index (χ4v) is 2.19. The van der Waals surface area contributed by atoms with Gasteiger partial charge < -0.3 is 10.0 Å². The van der Waals surface area contributed by atoms with E-state index >= 15 is 0 Å². The van der Waals surface area contributed by atoms with Gasteiger partial charge in [0.15, 0.2) is 6.04 Å². The van der Waals surface area contributed by atoms with Gasteiger partial charge in [0.05, 0.1) is 0 Å². The van der Waals surface area contributed by atoms with E-state index in [-0.39, 0.29) is 5.56 Å². The van der Waals surface area contributed by atoms with Gasteiger partial charge in [-0.25, -0.2) is 4.79 Å². The lowest BCUT2D eigenvalue weighted by Crippen LogP contribution is -2.47. The van der Waals surface area contributed by atoms with Gasteiger partial charge in [-0.05, 0) is 30.5 Å². The predicted octanol–water partition coefficient (Wildman–Crippen LogP) is 3.02. The van der Waals surface area contributed by atoms with Crippen LogP contribution in [0.3, 0.4) is 0 Å². The average molecular weight is 322 g/mol. The summed E-state index contributed by atoms with van der Waals surface area (Å²) >= 11 is 5.68. The smallest absolute Gasteiger partial charge is 0.471 e. The van der Waals surface area contributed by atoms with E-state index in [1.807, 2.05) is 0 Å². The molecule has 0 saturated heterocycles. The highest BCUT2D eigenvalue weighted by Crippen LogP contribution is 2.38. The zero-order valence-electron chi connectivity index (χ0n) is 10.6. The molecule has 1 atom stereocenters. The number of aliphatic carboxylic acids is 1. The second-order valence-corrected chi connectivity index (χ2v) is 5.17. The number of benzene rings is 1. The number of hydrogen-bond acceptors (Lipinski definition) is 2. The number of nitrogens with zero attached hydrogens (tertiary/aromatic N) is 1. The Kier molecular flexibility index (Phi) is 4.13. The standard InChI is InChI=1S/C13H11ClF3NO3/c14-8-3-1-7(2-4-8)10(11(19)20)18(9-5-6-9)12(21)13(15,16)17/h1-4,9-10H,5-6H2,(H,19,20). The molecule has 1 amide bonds. The number of halogens is 4. The number of carboxylic acids is 1. The minimum atomic E-state index is -5.11. The quantitative estimate of drug-likeness (QED) is 0.927. The van der Waals surface area contributed by atoms with Gasteiger partial charge in [-0.2, -0.15) is 13.2 Å². The van der Waals surface area contributed by atoms with Gasteiger partial charge >= 0.3 is 18.1 Å². The van der Waals surface area contributed by atoms with Crippen LogP contribution in [0.5, 0.6) is 0 Å². The number of hydrogen-bond donors (Lipinski definition) is 1. The van der Waals surface area contributed by atoms with Crippen molar-refractivity contribution in [1.82, 2.24) is 4.90 Å². The third-order valence-corrected chi connectivity index (χ3v) is 3.37. The number of carbonyl (C=O) groups is 2. The summed E-state index contributed by atoms with van der Waals surface area (Å²) in [5.74, 6) is -3.64. The highest BCUT2D eigenvalue weighted by molar-refractivity contribution is 6.30. The molecule has 4 nitrogen and oxygen atoms in total. The van der Waals surface area contributed by atoms with Crippen molar-refractivity contribution in [3.05, 3.63) is 34.9 Å². The molecule has 0 aromatic heterocycles. The van der Waals surface area contributed by atoms with Gasteiger partial charge in [-0.1, -0.05) is 23.7 Å². The summed E-state index contributed by atoms with van der Waals surface area (Å²) in [6, 6.07) is 2.98. The summed E-state index contributed by atoms with van der Waals surface area (Å²) in [6.45, 7) is 0. The maximum atomic E-state index is 12.7. The van der Waals surface area contributed by atoms with Crippen LogP contribution in [-0.4, -0.2) is 34.1 Å². The number of carbonyl (C=O) groups excluding carboxylic acids is 1. The Morgan fingerprint density at radius 3 is 2.14 bits per heavy atom. The van der Waals surface area contributed by atoms with Crippen LogP contribution < -0.4 is 0 Å². The summed E-state index contributed by atoms with van der Waals surface area (Å²) in [4.78, 5) is 23.3.